The zero-order chi connectivity index (χ0) is 28.8. The van der Waals surface area contributed by atoms with E-state index in [0.29, 0.717) is 29.8 Å². The number of amides is 1. The Labute approximate surface area is 236 Å². The number of carboxylic acid groups (broad SMARTS) is 1. The summed E-state index contributed by atoms with van der Waals surface area (Å²) >= 11 is 0. The molecule has 5 aromatic rings. The summed E-state index contributed by atoms with van der Waals surface area (Å²) in [5, 5.41) is 13.6. The molecule has 1 heterocycles. The minimum Gasteiger partial charge on any atom is -0.478 e. The number of aryl methyl sites for hydroxylation is 2. The topological polar surface area (TPSA) is 71.3 Å². The van der Waals surface area contributed by atoms with Crippen molar-refractivity contribution in [2.45, 2.75) is 47.7 Å². The van der Waals surface area contributed by atoms with Gasteiger partial charge in [-0.1, -0.05) is 86.1 Å². The van der Waals surface area contributed by atoms with E-state index in [4.69, 9.17) is 0 Å². The summed E-state index contributed by atoms with van der Waals surface area (Å²) in [6, 6.07) is 29.1. The molecule has 0 fully saturated rings. The van der Waals surface area contributed by atoms with Gasteiger partial charge in [-0.15, -0.1) is 0 Å². The van der Waals surface area contributed by atoms with E-state index in [2.05, 4.69) is 23.7 Å². The minimum atomic E-state index is -0.933. The molecule has 40 heavy (non-hydrogen) atoms. The van der Waals surface area contributed by atoms with Gasteiger partial charge in [-0.25, -0.2) is 4.79 Å². The van der Waals surface area contributed by atoms with Gasteiger partial charge in [0.15, 0.2) is 0 Å². The van der Waals surface area contributed by atoms with Gasteiger partial charge in [-0.3, -0.25) is 4.79 Å². The number of rotatable bonds is 7. The van der Waals surface area contributed by atoms with Crippen LogP contribution in [0.3, 0.4) is 0 Å². The van der Waals surface area contributed by atoms with Crippen LogP contribution in [-0.2, 0) is 13.1 Å². The fraction of sp³-hybridized carbons (Fsp3) is 0.200. The van der Waals surface area contributed by atoms with E-state index in [9.17, 15) is 14.7 Å². The SMILES string of the molecule is CC.Cc1ccc(CNC(=O)c2ccc3c(c2)c(C)c(C)n3Cc2ccc(-c3ccccc3C(=O)O)cc2)cc1. The summed E-state index contributed by atoms with van der Waals surface area (Å²) in [5.74, 6) is -1.02. The van der Waals surface area contributed by atoms with Crippen molar-refractivity contribution >= 4 is 22.8 Å². The van der Waals surface area contributed by atoms with Crippen molar-refractivity contribution in [1.82, 2.24) is 9.88 Å². The lowest BCUT2D eigenvalue weighted by molar-refractivity contribution is 0.0697. The Kier molecular flexibility index (Phi) is 8.85. The van der Waals surface area contributed by atoms with Crippen LogP contribution in [0.1, 0.15) is 62.5 Å². The molecule has 5 nitrogen and oxygen atoms in total. The first kappa shape index (κ1) is 28.4. The first-order valence-corrected chi connectivity index (χ1v) is 13.7. The summed E-state index contributed by atoms with van der Waals surface area (Å²) in [4.78, 5) is 24.5. The maximum Gasteiger partial charge on any atom is 0.336 e. The largest absolute Gasteiger partial charge is 0.478 e. The van der Waals surface area contributed by atoms with Crippen molar-refractivity contribution in [3.63, 3.8) is 0 Å². The lowest BCUT2D eigenvalue weighted by Gasteiger charge is -2.11. The highest BCUT2D eigenvalue weighted by Crippen LogP contribution is 2.29. The van der Waals surface area contributed by atoms with Crippen molar-refractivity contribution < 1.29 is 14.7 Å². The van der Waals surface area contributed by atoms with Crippen LogP contribution in [0.25, 0.3) is 22.0 Å². The summed E-state index contributed by atoms with van der Waals surface area (Å²) in [6.45, 7) is 11.4. The summed E-state index contributed by atoms with van der Waals surface area (Å²) in [7, 11) is 0. The maximum absolute atomic E-state index is 12.9. The zero-order valence-electron chi connectivity index (χ0n) is 23.8. The van der Waals surface area contributed by atoms with Crippen LogP contribution in [0, 0.1) is 20.8 Å². The average molecular weight is 533 g/mol. The monoisotopic (exact) mass is 532 g/mol. The van der Waals surface area contributed by atoms with E-state index >= 15 is 0 Å². The van der Waals surface area contributed by atoms with Gasteiger partial charge in [0, 0.05) is 35.2 Å². The average Bonchev–Trinajstić information content (AvgIpc) is 3.22. The zero-order valence-corrected chi connectivity index (χ0v) is 23.8. The highest BCUT2D eigenvalue weighted by molar-refractivity contribution is 5.99. The van der Waals surface area contributed by atoms with Gasteiger partial charge in [-0.2, -0.15) is 0 Å². The smallest absolute Gasteiger partial charge is 0.336 e. The number of nitrogens with zero attached hydrogens (tertiary/aromatic N) is 1. The van der Waals surface area contributed by atoms with Crippen LogP contribution in [0.2, 0.25) is 0 Å². The predicted molar refractivity (Wildman–Crippen MR) is 163 cm³/mol. The Morgan fingerprint density at radius 2 is 1.45 bits per heavy atom. The van der Waals surface area contributed by atoms with Gasteiger partial charge in [0.25, 0.3) is 5.91 Å². The van der Waals surface area contributed by atoms with Gasteiger partial charge < -0.3 is 15.0 Å². The van der Waals surface area contributed by atoms with Crippen LogP contribution in [-0.4, -0.2) is 21.6 Å². The number of benzene rings is 4. The number of aromatic carboxylic acids is 1. The Balaban J connectivity index is 0.00000181. The van der Waals surface area contributed by atoms with E-state index in [1.165, 1.54) is 5.56 Å². The molecule has 1 amide bonds. The minimum absolute atomic E-state index is 0.0884. The number of aromatic nitrogens is 1. The molecule has 0 unspecified atom stereocenters. The summed E-state index contributed by atoms with van der Waals surface area (Å²) < 4.78 is 2.26. The molecule has 0 saturated carbocycles. The molecule has 0 bridgehead atoms. The molecule has 0 saturated heterocycles. The predicted octanol–water partition coefficient (Wildman–Crippen LogP) is 7.94. The number of carbonyl (C=O) groups excluding carboxylic acids is 1. The molecular weight excluding hydrogens is 496 g/mol. The number of carbonyl (C=O) groups is 2. The molecule has 0 aliphatic rings. The number of hydrogen-bond donors (Lipinski definition) is 2. The first-order valence-electron chi connectivity index (χ1n) is 13.7. The van der Waals surface area contributed by atoms with Crippen molar-refractivity contribution in [1.29, 1.82) is 0 Å². The molecule has 0 atom stereocenters. The second kappa shape index (κ2) is 12.5. The van der Waals surface area contributed by atoms with E-state index in [-0.39, 0.29) is 5.91 Å². The van der Waals surface area contributed by atoms with Crippen LogP contribution >= 0.6 is 0 Å². The maximum atomic E-state index is 12.9. The van der Waals surface area contributed by atoms with E-state index in [0.717, 1.165) is 38.9 Å². The van der Waals surface area contributed by atoms with E-state index in [1.807, 2.05) is 99.6 Å². The molecule has 0 aliphatic carbocycles. The second-order valence-corrected chi connectivity index (χ2v) is 9.74. The molecular formula is C35H36N2O3. The number of hydrogen-bond acceptors (Lipinski definition) is 2. The molecule has 2 N–H and O–H groups in total. The highest BCUT2D eigenvalue weighted by atomic mass is 16.4. The number of carboxylic acids is 1. The molecule has 0 aliphatic heterocycles. The van der Waals surface area contributed by atoms with Crippen molar-refractivity contribution in [2.75, 3.05) is 0 Å². The molecule has 0 radical (unpaired) electrons. The second-order valence-electron chi connectivity index (χ2n) is 9.74. The normalized spacial score (nSPS) is 10.6. The van der Waals surface area contributed by atoms with Gasteiger partial charge in [0.05, 0.1) is 5.56 Å². The standard InChI is InChI=1S/C33H30N2O3.C2H6/c1-21-8-10-24(11-9-21)19-34-32(36)27-16-17-31-30(18-27)22(2)23(3)35(31)20-25-12-14-26(15-13-25)28-6-4-5-7-29(28)33(37)38;1-2/h4-18H,19-20H2,1-3H3,(H,34,36)(H,37,38);1-2H3. The van der Waals surface area contributed by atoms with E-state index < -0.39 is 5.97 Å². The quantitative estimate of drug-likeness (QED) is 0.224. The molecule has 204 valence electrons. The molecule has 1 aromatic heterocycles. The van der Waals surface area contributed by atoms with Crippen molar-refractivity contribution in [2.24, 2.45) is 0 Å². The third-order valence-corrected chi connectivity index (χ3v) is 7.24. The fourth-order valence-electron chi connectivity index (χ4n) is 4.88. The Morgan fingerprint density at radius 3 is 2.12 bits per heavy atom. The lowest BCUT2D eigenvalue weighted by atomic mass is 9.99. The summed E-state index contributed by atoms with van der Waals surface area (Å²) in [5.41, 5.74) is 9.28. The van der Waals surface area contributed by atoms with Gasteiger partial charge in [0.2, 0.25) is 0 Å². The van der Waals surface area contributed by atoms with Crippen molar-refractivity contribution in [3.05, 3.63) is 130 Å². The Hall–Kier alpha value is -4.64. The van der Waals surface area contributed by atoms with Crippen LogP contribution in [0.5, 0.6) is 0 Å². The molecule has 5 rings (SSSR count). The van der Waals surface area contributed by atoms with Gasteiger partial charge in [-0.05, 0) is 72.9 Å². The molecule has 4 aromatic carbocycles. The molecule has 0 spiro atoms. The highest BCUT2D eigenvalue weighted by Gasteiger charge is 2.15. The molecule has 5 heteroatoms. The first-order chi connectivity index (χ1) is 19.3. The summed E-state index contributed by atoms with van der Waals surface area (Å²) in [6.07, 6.45) is 0. The third kappa shape index (κ3) is 5.99. The van der Waals surface area contributed by atoms with Gasteiger partial charge >= 0.3 is 5.97 Å². The van der Waals surface area contributed by atoms with E-state index in [1.54, 1.807) is 12.1 Å². The third-order valence-electron chi connectivity index (χ3n) is 7.24. The Morgan fingerprint density at radius 1 is 0.800 bits per heavy atom. The van der Waals surface area contributed by atoms with Gasteiger partial charge in [0.1, 0.15) is 0 Å². The van der Waals surface area contributed by atoms with Crippen molar-refractivity contribution in [3.8, 4) is 11.1 Å². The lowest BCUT2D eigenvalue weighted by Crippen LogP contribution is -2.22. The number of fused-ring (bicyclic) bond motifs is 1. The van der Waals surface area contributed by atoms with Crippen LogP contribution in [0.15, 0.2) is 91.0 Å². The van der Waals surface area contributed by atoms with Crippen LogP contribution < -0.4 is 5.32 Å². The van der Waals surface area contributed by atoms with Crippen LogP contribution in [0.4, 0.5) is 0 Å². The number of nitrogens with one attached hydrogen (secondary N) is 1. The Bertz CT molecular complexity index is 1650. The fourth-order valence-corrected chi connectivity index (χ4v) is 4.88.